The van der Waals surface area contributed by atoms with Crippen molar-refractivity contribution in [3.8, 4) is 17.2 Å². The van der Waals surface area contributed by atoms with E-state index in [1.54, 1.807) is 30.4 Å². The molecule has 3 heteroatoms. The van der Waals surface area contributed by atoms with E-state index in [1.165, 1.54) is 0 Å². The van der Waals surface area contributed by atoms with E-state index in [9.17, 15) is 10.1 Å². The number of benzene rings is 2. The minimum absolute atomic E-state index is 0.211. The van der Waals surface area contributed by atoms with Gasteiger partial charge in [-0.15, -0.1) is 0 Å². The number of carboxylic acid groups (broad SMARTS) is 1. The van der Waals surface area contributed by atoms with Crippen LogP contribution in [0.3, 0.4) is 0 Å². The van der Waals surface area contributed by atoms with Gasteiger partial charge in [-0.25, -0.2) is 4.79 Å². The molecule has 1 N–H and O–H groups in total. The number of nitrogens with zero attached hydrogens (tertiary/aromatic N) is 1. The standard InChI is InChI=1S/C22H15NO2/c23-15-20-14-19(12-13-21(20)17-7-2-1-3-8-17)16-6-4-5-9-18(11-10-16)22(24)25/h1-14H,(H,24,25)/b5-4-,6-4?,9-5?,11-10?,16-6?,16-10?,18-9+,18-11?. The smallest absolute Gasteiger partial charge is 0.335 e. The Hall–Kier alpha value is -3.64. The Morgan fingerprint density at radius 1 is 0.920 bits per heavy atom. The highest BCUT2D eigenvalue weighted by Crippen LogP contribution is 2.27. The summed E-state index contributed by atoms with van der Waals surface area (Å²) in [6, 6.07) is 17.7. The highest BCUT2D eigenvalue weighted by Gasteiger charge is 2.09. The Balaban J connectivity index is 2.01. The highest BCUT2D eigenvalue weighted by molar-refractivity contribution is 5.92. The summed E-state index contributed by atoms with van der Waals surface area (Å²) in [5.74, 6) is -0.973. The topological polar surface area (TPSA) is 61.1 Å². The molecule has 25 heavy (non-hydrogen) atoms. The zero-order valence-corrected chi connectivity index (χ0v) is 13.4. The molecule has 0 radical (unpaired) electrons. The first-order valence-corrected chi connectivity index (χ1v) is 7.79. The van der Waals surface area contributed by atoms with E-state index >= 15 is 0 Å². The largest absolute Gasteiger partial charge is 0.478 e. The Labute approximate surface area is 146 Å². The summed E-state index contributed by atoms with van der Waals surface area (Å²) in [6.45, 7) is 0. The number of rotatable bonds is 3. The van der Waals surface area contributed by atoms with Gasteiger partial charge in [0, 0.05) is 0 Å². The average molecular weight is 325 g/mol. The number of hydrogen-bond acceptors (Lipinski definition) is 2. The van der Waals surface area contributed by atoms with E-state index in [0.717, 1.165) is 22.3 Å². The second-order valence-corrected chi connectivity index (χ2v) is 5.51. The van der Waals surface area contributed by atoms with Crippen molar-refractivity contribution in [1.29, 1.82) is 5.26 Å². The summed E-state index contributed by atoms with van der Waals surface area (Å²) in [6.07, 6.45) is 10.2. The zero-order chi connectivity index (χ0) is 17.6. The van der Waals surface area contributed by atoms with Gasteiger partial charge in [-0.05, 0) is 40.5 Å². The first-order chi connectivity index (χ1) is 12.2. The average Bonchev–Trinajstić information content (AvgIpc) is 2.61. The maximum atomic E-state index is 11.1. The van der Waals surface area contributed by atoms with E-state index in [0.29, 0.717) is 5.56 Å². The highest BCUT2D eigenvalue weighted by atomic mass is 16.4. The molecule has 0 aliphatic heterocycles. The van der Waals surface area contributed by atoms with Crippen LogP contribution in [0.1, 0.15) is 11.1 Å². The van der Waals surface area contributed by atoms with Crippen molar-refractivity contribution in [2.45, 2.75) is 0 Å². The number of carboxylic acids is 1. The van der Waals surface area contributed by atoms with Crippen LogP contribution >= 0.6 is 0 Å². The third-order valence-corrected chi connectivity index (χ3v) is 3.91. The van der Waals surface area contributed by atoms with E-state index < -0.39 is 5.97 Å². The molecule has 0 saturated carbocycles. The molecule has 2 aromatic rings. The van der Waals surface area contributed by atoms with Crippen molar-refractivity contribution in [3.05, 3.63) is 102 Å². The molecular formula is C22H15NO2. The van der Waals surface area contributed by atoms with Gasteiger partial charge in [0.1, 0.15) is 0 Å². The van der Waals surface area contributed by atoms with Crippen LogP contribution in [0.25, 0.3) is 16.7 Å². The summed E-state index contributed by atoms with van der Waals surface area (Å²) < 4.78 is 0. The van der Waals surface area contributed by atoms with Crippen LogP contribution in [0.15, 0.2) is 90.6 Å². The molecule has 0 atom stereocenters. The van der Waals surface area contributed by atoms with Crippen molar-refractivity contribution in [1.82, 2.24) is 0 Å². The summed E-state index contributed by atoms with van der Waals surface area (Å²) in [7, 11) is 0. The van der Waals surface area contributed by atoms with Crippen LogP contribution in [-0.2, 0) is 4.79 Å². The third-order valence-electron chi connectivity index (χ3n) is 3.91. The number of nitriles is 1. The number of hydrogen-bond donors (Lipinski definition) is 1. The van der Waals surface area contributed by atoms with Crippen molar-refractivity contribution in [3.63, 3.8) is 0 Å². The third kappa shape index (κ3) is 3.65. The molecule has 120 valence electrons. The number of allylic oxidation sites excluding steroid dienone is 6. The van der Waals surface area contributed by atoms with Crippen LogP contribution in [-0.4, -0.2) is 11.1 Å². The second kappa shape index (κ2) is 7.29. The predicted octanol–water partition coefficient (Wildman–Crippen LogP) is 4.75. The van der Waals surface area contributed by atoms with Crippen molar-refractivity contribution in [2.75, 3.05) is 0 Å². The quantitative estimate of drug-likeness (QED) is 0.886. The number of aliphatic carboxylic acids is 1. The SMILES string of the molecule is N#Cc1cc(C2=C/C=C\C=C(\C(=O)O)C=C2)ccc1-c1ccccc1. The predicted molar refractivity (Wildman–Crippen MR) is 98.6 cm³/mol. The summed E-state index contributed by atoms with van der Waals surface area (Å²) in [5.41, 5.74) is 4.37. The Kier molecular flexibility index (Phi) is 4.73. The lowest BCUT2D eigenvalue weighted by molar-refractivity contribution is -0.132. The molecule has 0 heterocycles. The fraction of sp³-hybridized carbons (Fsp3) is 0. The van der Waals surface area contributed by atoms with Gasteiger partial charge in [-0.3, -0.25) is 0 Å². The molecule has 0 saturated heterocycles. The minimum Gasteiger partial charge on any atom is -0.478 e. The van der Waals surface area contributed by atoms with Crippen LogP contribution in [0.2, 0.25) is 0 Å². The van der Waals surface area contributed by atoms with Crippen LogP contribution < -0.4 is 0 Å². The van der Waals surface area contributed by atoms with E-state index in [4.69, 9.17) is 5.11 Å². The van der Waals surface area contributed by atoms with Gasteiger partial charge < -0.3 is 5.11 Å². The molecule has 1 aliphatic carbocycles. The Morgan fingerprint density at radius 2 is 1.68 bits per heavy atom. The summed E-state index contributed by atoms with van der Waals surface area (Å²) in [5, 5.41) is 18.7. The van der Waals surface area contributed by atoms with Gasteiger partial charge in [-0.1, -0.05) is 66.8 Å². The fourth-order valence-electron chi connectivity index (χ4n) is 2.63. The second-order valence-electron chi connectivity index (χ2n) is 5.51. The van der Waals surface area contributed by atoms with Crippen molar-refractivity contribution in [2.24, 2.45) is 0 Å². The van der Waals surface area contributed by atoms with Crippen molar-refractivity contribution >= 4 is 11.5 Å². The molecule has 3 rings (SSSR count). The molecule has 1 aliphatic rings. The Morgan fingerprint density at radius 3 is 2.40 bits per heavy atom. The molecule has 0 fully saturated rings. The fourth-order valence-corrected chi connectivity index (χ4v) is 2.63. The molecule has 0 amide bonds. The maximum absolute atomic E-state index is 11.1. The van der Waals surface area contributed by atoms with E-state index in [-0.39, 0.29) is 5.57 Å². The van der Waals surface area contributed by atoms with E-state index in [1.807, 2.05) is 54.6 Å². The lowest BCUT2D eigenvalue weighted by atomic mass is 9.94. The molecule has 0 spiro atoms. The summed E-state index contributed by atoms with van der Waals surface area (Å²) >= 11 is 0. The number of carbonyl (C=O) groups is 1. The first-order valence-electron chi connectivity index (χ1n) is 7.79. The van der Waals surface area contributed by atoms with Crippen LogP contribution in [0.5, 0.6) is 0 Å². The normalized spacial score (nSPS) is 16.6. The first kappa shape index (κ1) is 16.2. The van der Waals surface area contributed by atoms with Crippen LogP contribution in [0.4, 0.5) is 0 Å². The van der Waals surface area contributed by atoms with Gasteiger partial charge in [0.25, 0.3) is 0 Å². The lowest BCUT2D eigenvalue weighted by Crippen LogP contribution is -1.97. The Bertz CT molecular complexity index is 971. The molecule has 0 bridgehead atoms. The van der Waals surface area contributed by atoms with E-state index in [2.05, 4.69) is 6.07 Å². The molecule has 3 nitrogen and oxygen atoms in total. The van der Waals surface area contributed by atoms with Gasteiger partial charge in [0.15, 0.2) is 0 Å². The van der Waals surface area contributed by atoms with Gasteiger partial charge >= 0.3 is 5.97 Å². The molecule has 0 aromatic heterocycles. The van der Waals surface area contributed by atoms with Crippen LogP contribution in [0, 0.1) is 11.3 Å². The van der Waals surface area contributed by atoms with Crippen molar-refractivity contribution < 1.29 is 9.90 Å². The molecule has 2 aromatic carbocycles. The molecular weight excluding hydrogens is 310 g/mol. The minimum atomic E-state index is -0.973. The molecule has 0 unspecified atom stereocenters. The summed E-state index contributed by atoms with van der Waals surface area (Å²) in [4.78, 5) is 11.1. The zero-order valence-electron chi connectivity index (χ0n) is 13.4. The van der Waals surface area contributed by atoms with Gasteiger partial charge in [-0.2, -0.15) is 5.26 Å². The monoisotopic (exact) mass is 325 g/mol. The lowest BCUT2D eigenvalue weighted by Gasteiger charge is -2.09. The maximum Gasteiger partial charge on any atom is 0.335 e. The van der Waals surface area contributed by atoms with Gasteiger partial charge in [0.05, 0.1) is 17.2 Å². The van der Waals surface area contributed by atoms with Gasteiger partial charge in [0.2, 0.25) is 0 Å².